The Labute approximate surface area is 122 Å². The Balaban J connectivity index is 1.50. The first-order chi connectivity index (χ1) is 9.86. The molecule has 3 heteroatoms. The van der Waals surface area contributed by atoms with Gasteiger partial charge < -0.3 is 14.8 Å². The van der Waals surface area contributed by atoms with E-state index in [0.29, 0.717) is 18.8 Å². The lowest BCUT2D eigenvalue weighted by Crippen LogP contribution is -2.38. The lowest BCUT2D eigenvalue weighted by Gasteiger charge is -2.19. The van der Waals surface area contributed by atoms with E-state index in [4.69, 9.17) is 9.47 Å². The molecule has 0 saturated carbocycles. The first kappa shape index (κ1) is 15.2. The van der Waals surface area contributed by atoms with Crippen LogP contribution in [0, 0.1) is 0 Å². The van der Waals surface area contributed by atoms with Crippen LogP contribution < -0.4 is 5.32 Å². The van der Waals surface area contributed by atoms with Crippen molar-refractivity contribution in [2.24, 2.45) is 0 Å². The molecule has 0 spiro atoms. The number of benzene rings is 1. The van der Waals surface area contributed by atoms with E-state index in [1.807, 2.05) is 18.2 Å². The van der Waals surface area contributed by atoms with Gasteiger partial charge in [-0.3, -0.25) is 0 Å². The normalized spacial score (nSPS) is 20.6. The highest BCUT2D eigenvalue weighted by molar-refractivity contribution is 5.48. The molecule has 1 heterocycles. The summed E-state index contributed by atoms with van der Waals surface area (Å²) in [4.78, 5) is 0. The van der Waals surface area contributed by atoms with Crippen molar-refractivity contribution in [2.45, 2.75) is 31.9 Å². The summed E-state index contributed by atoms with van der Waals surface area (Å²) in [5, 5.41) is 3.46. The van der Waals surface area contributed by atoms with Crippen LogP contribution in [0.3, 0.4) is 0 Å². The van der Waals surface area contributed by atoms with Crippen LogP contribution >= 0.6 is 0 Å². The minimum absolute atomic E-state index is 0.382. The molecule has 1 aromatic carbocycles. The summed E-state index contributed by atoms with van der Waals surface area (Å²) in [5.41, 5.74) is 1.21. The molecule has 0 bridgehead atoms. The van der Waals surface area contributed by atoms with Gasteiger partial charge >= 0.3 is 0 Å². The Morgan fingerprint density at radius 3 is 3.00 bits per heavy atom. The van der Waals surface area contributed by atoms with Gasteiger partial charge in [-0.25, -0.2) is 0 Å². The molecule has 1 aromatic rings. The van der Waals surface area contributed by atoms with Crippen LogP contribution in [0.1, 0.15) is 25.3 Å². The molecule has 2 atom stereocenters. The molecule has 20 heavy (non-hydrogen) atoms. The van der Waals surface area contributed by atoms with E-state index in [2.05, 4.69) is 36.5 Å². The van der Waals surface area contributed by atoms with Crippen LogP contribution in [0.15, 0.2) is 36.4 Å². The molecule has 0 aliphatic carbocycles. The molecular formula is C17H25NO2. The quantitative estimate of drug-likeness (QED) is 0.740. The van der Waals surface area contributed by atoms with E-state index < -0.39 is 0 Å². The van der Waals surface area contributed by atoms with Gasteiger partial charge in [0.1, 0.15) is 0 Å². The maximum absolute atomic E-state index is 5.64. The third-order valence-corrected chi connectivity index (χ3v) is 3.56. The largest absolute Gasteiger partial charge is 0.377 e. The Morgan fingerprint density at radius 1 is 1.40 bits per heavy atom. The molecule has 0 aromatic heterocycles. The molecule has 0 amide bonds. The lowest BCUT2D eigenvalue weighted by atomic mass is 10.1. The second-order valence-electron chi connectivity index (χ2n) is 5.18. The van der Waals surface area contributed by atoms with Gasteiger partial charge in [0, 0.05) is 19.2 Å². The molecule has 1 fully saturated rings. The van der Waals surface area contributed by atoms with Crippen LogP contribution in [0.4, 0.5) is 0 Å². The topological polar surface area (TPSA) is 30.5 Å². The standard InChI is InChI=1S/C17H25NO2/c1-15(17-10-6-13-20-17)18-11-14-19-12-5-9-16-7-3-2-4-8-16/h2-5,7-9,15,17-18H,6,10-14H2,1H3. The van der Waals surface area contributed by atoms with Gasteiger partial charge in [-0.2, -0.15) is 0 Å². The first-order valence-corrected chi connectivity index (χ1v) is 7.50. The number of nitrogens with one attached hydrogen (secondary N) is 1. The van der Waals surface area contributed by atoms with Crippen molar-refractivity contribution in [1.82, 2.24) is 5.32 Å². The highest BCUT2D eigenvalue weighted by Gasteiger charge is 2.21. The fourth-order valence-corrected chi connectivity index (χ4v) is 2.39. The molecule has 1 saturated heterocycles. The molecule has 1 N–H and O–H groups in total. The van der Waals surface area contributed by atoms with Crippen LogP contribution in [0.25, 0.3) is 6.08 Å². The summed E-state index contributed by atoms with van der Waals surface area (Å²) >= 11 is 0. The Morgan fingerprint density at radius 2 is 2.25 bits per heavy atom. The minimum atomic E-state index is 0.382. The summed E-state index contributed by atoms with van der Waals surface area (Å²) in [6, 6.07) is 10.7. The molecule has 3 nitrogen and oxygen atoms in total. The predicted octanol–water partition coefficient (Wildman–Crippen LogP) is 2.87. The summed E-state index contributed by atoms with van der Waals surface area (Å²) in [7, 11) is 0. The monoisotopic (exact) mass is 275 g/mol. The van der Waals surface area contributed by atoms with E-state index in [9.17, 15) is 0 Å². The maximum atomic E-state index is 5.64. The van der Waals surface area contributed by atoms with E-state index >= 15 is 0 Å². The van der Waals surface area contributed by atoms with Crippen molar-refractivity contribution in [3.05, 3.63) is 42.0 Å². The Hall–Kier alpha value is -1.16. The van der Waals surface area contributed by atoms with Crippen molar-refractivity contribution in [3.63, 3.8) is 0 Å². The smallest absolute Gasteiger partial charge is 0.0726 e. The van der Waals surface area contributed by atoms with Gasteiger partial charge in [-0.1, -0.05) is 42.5 Å². The van der Waals surface area contributed by atoms with Gasteiger partial charge in [0.15, 0.2) is 0 Å². The van der Waals surface area contributed by atoms with Crippen molar-refractivity contribution in [1.29, 1.82) is 0 Å². The highest BCUT2D eigenvalue weighted by atomic mass is 16.5. The van der Waals surface area contributed by atoms with Gasteiger partial charge in [-0.05, 0) is 25.3 Å². The second kappa shape index (κ2) is 8.90. The van der Waals surface area contributed by atoms with E-state index in [0.717, 1.165) is 19.8 Å². The van der Waals surface area contributed by atoms with E-state index in [-0.39, 0.29) is 0 Å². The maximum Gasteiger partial charge on any atom is 0.0726 e. The Kier molecular flexibility index (Phi) is 6.78. The number of hydrogen-bond acceptors (Lipinski definition) is 3. The zero-order valence-electron chi connectivity index (χ0n) is 12.3. The minimum Gasteiger partial charge on any atom is -0.377 e. The van der Waals surface area contributed by atoms with Crippen LogP contribution in [0.5, 0.6) is 0 Å². The molecule has 1 aliphatic heterocycles. The number of ether oxygens (including phenoxy) is 2. The summed E-state index contributed by atoms with van der Waals surface area (Å²) in [6.45, 7) is 5.37. The Bertz CT molecular complexity index is 385. The van der Waals surface area contributed by atoms with Crippen LogP contribution in [-0.2, 0) is 9.47 Å². The van der Waals surface area contributed by atoms with Crippen LogP contribution in [0.2, 0.25) is 0 Å². The van der Waals surface area contributed by atoms with Crippen molar-refractivity contribution >= 4 is 6.08 Å². The number of hydrogen-bond donors (Lipinski definition) is 1. The van der Waals surface area contributed by atoms with E-state index in [1.54, 1.807) is 0 Å². The number of rotatable bonds is 8. The van der Waals surface area contributed by atoms with Crippen molar-refractivity contribution < 1.29 is 9.47 Å². The van der Waals surface area contributed by atoms with Crippen LogP contribution in [-0.4, -0.2) is 38.5 Å². The predicted molar refractivity (Wildman–Crippen MR) is 82.7 cm³/mol. The van der Waals surface area contributed by atoms with Gasteiger partial charge in [0.2, 0.25) is 0 Å². The summed E-state index contributed by atoms with van der Waals surface area (Å²) < 4.78 is 11.2. The van der Waals surface area contributed by atoms with Crippen molar-refractivity contribution in [2.75, 3.05) is 26.4 Å². The molecule has 1 aliphatic rings. The third kappa shape index (κ3) is 5.45. The van der Waals surface area contributed by atoms with Gasteiger partial charge in [-0.15, -0.1) is 0 Å². The van der Waals surface area contributed by atoms with Gasteiger partial charge in [0.25, 0.3) is 0 Å². The van der Waals surface area contributed by atoms with E-state index in [1.165, 1.54) is 18.4 Å². The highest BCUT2D eigenvalue weighted by Crippen LogP contribution is 2.14. The summed E-state index contributed by atoms with van der Waals surface area (Å²) in [5.74, 6) is 0. The zero-order valence-corrected chi connectivity index (χ0v) is 12.3. The van der Waals surface area contributed by atoms with Gasteiger partial charge in [0.05, 0.1) is 19.3 Å². The SMILES string of the molecule is CC(NCCOCC=Cc1ccccc1)C1CCCO1. The fourth-order valence-electron chi connectivity index (χ4n) is 2.39. The molecule has 110 valence electrons. The molecule has 0 radical (unpaired) electrons. The second-order valence-corrected chi connectivity index (χ2v) is 5.18. The molecular weight excluding hydrogens is 250 g/mol. The molecule has 2 unspecified atom stereocenters. The lowest BCUT2D eigenvalue weighted by molar-refractivity contribution is 0.0790. The van der Waals surface area contributed by atoms with Crippen molar-refractivity contribution in [3.8, 4) is 0 Å². The summed E-state index contributed by atoms with van der Waals surface area (Å²) in [6.07, 6.45) is 6.89. The average Bonchev–Trinajstić information content (AvgIpc) is 3.01. The zero-order chi connectivity index (χ0) is 14.0. The fraction of sp³-hybridized carbons (Fsp3) is 0.529. The average molecular weight is 275 g/mol. The third-order valence-electron chi connectivity index (χ3n) is 3.56. The molecule has 2 rings (SSSR count). The first-order valence-electron chi connectivity index (χ1n) is 7.50.